The third-order valence-corrected chi connectivity index (χ3v) is 3.73. The summed E-state index contributed by atoms with van der Waals surface area (Å²) in [7, 11) is 0. The Balaban J connectivity index is 2.35. The van der Waals surface area contributed by atoms with Gasteiger partial charge in [0.05, 0.1) is 17.6 Å². The molecule has 98 valence electrons. The first-order valence-corrected chi connectivity index (χ1v) is 6.77. The number of hydrogen-bond acceptors (Lipinski definition) is 2. The highest BCUT2D eigenvalue weighted by Gasteiger charge is 2.32. The quantitative estimate of drug-likeness (QED) is 0.735. The topological polar surface area (TPSA) is 33.0 Å². The summed E-state index contributed by atoms with van der Waals surface area (Å²) < 4.78 is 5.98. The molecule has 17 heavy (non-hydrogen) atoms. The van der Waals surface area contributed by atoms with Crippen LogP contribution in [0.2, 0.25) is 0 Å². The van der Waals surface area contributed by atoms with Gasteiger partial charge in [-0.15, -0.1) is 0 Å². The van der Waals surface area contributed by atoms with Gasteiger partial charge in [0.2, 0.25) is 0 Å². The zero-order valence-corrected chi connectivity index (χ0v) is 12.0. The zero-order chi connectivity index (χ0) is 13.1. The van der Waals surface area contributed by atoms with E-state index < -0.39 is 0 Å². The summed E-state index contributed by atoms with van der Waals surface area (Å²) in [5.74, 6) is 0.757. The molecule has 0 aliphatic heterocycles. The van der Waals surface area contributed by atoms with Gasteiger partial charge < -0.3 is 4.74 Å². The van der Waals surface area contributed by atoms with Gasteiger partial charge in [-0.1, -0.05) is 20.8 Å². The summed E-state index contributed by atoms with van der Waals surface area (Å²) in [6.07, 6.45) is 4.86. The highest BCUT2D eigenvalue weighted by molar-refractivity contribution is 4.91. The first-order chi connectivity index (χ1) is 7.74. The van der Waals surface area contributed by atoms with E-state index in [2.05, 4.69) is 26.8 Å². The number of hydrogen-bond donors (Lipinski definition) is 0. The van der Waals surface area contributed by atoms with Crippen LogP contribution in [-0.4, -0.2) is 12.7 Å². The van der Waals surface area contributed by atoms with Gasteiger partial charge in [-0.05, 0) is 50.9 Å². The Hall–Kier alpha value is -0.550. The average molecular weight is 237 g/mol. The van der Waals surface area contributed by atoms with E-state index in [1.807, 2.05) is 13.8 Å². The molecule has 0 aromatic rings. The Morgan fingerprint density at radius 1 is 1.35 bits per heavy atom. The van der Waals surface area contributed by atoms with E-state index in [0.717, 1.165) is 18.8 Å². The smallest absolute Gasteiger partial charge is 0.0684 e. The van der Waals surface area contributed by atoms with E-state index in [1.165, 1.54) is 12.8 Å². The van der Waals surface area contributed by atoms with E-state index in [0.29, 0.717) is 18.1 Å². The summed E-state index contributed by atoms with van der Waals surface area (Å²) in [5.41, 5.74) is 0.156. The van der Waals surface area contributed by atoms with Gasteiger partial charge >= 0.3 is 0 Å². The second kappa shape index (κ2) is 5.40. The van der Waals surface area contributed by atoms with Crippen LogP contribution >= 0.6 is 0 Å². The Bertz CT molecular complexity index is 288. The van der Waals surface area contributed by atoms with Gasteiger partial charge in [0.15, 0.2) is 0 Å². The second-order valence-electron chi connectivity index (χ2n) is 7.15. The summed E-state index contributed by atoms with van der Waals surface area (Å²) in [5, 5.41) is 8.95. The van der Waals surface area contributed by atoms with Crippen LogP contribution in [0.15, 0.2) is 0 Å². The fraction of sp³-hybridized carbons (Fsp3) is 0.933. The number of rotatable bonds is 4. The van der Waals surface area contributed by atoms with Gasteiger partial charge in [0.25, 0.3) is 0 Å². The SMILES string of the molecule is CC1CC(OCCC(C)(C)C#N)CC(C)(C)C1. The van der Waals surface area contributed by atoms with Crippen LogP contribution in [0.4, 0.5) is 0 Å². The van der Waals surface area contributed by atoms with Crippen molar-refractivity contribution in [2.45, 2.75) is 66.4 Å². The molecule has 1 aliphatic carbocycles. The first-order valence-electron chi connectivity index (χ1n) is 6.77. The molecule has 1 rings (SSSR count). The minimum absolute atomic E-state index is 0.254. The lowest BCUT2D eigenvalue weighted by atomic mass is 9.71. The standard InChI is InChI=1S/C15H27NO/c1-12-8-13(10-15(4,5)9-12)17-7-6-14(2,3)11-16/h12-13H,6-10H2,1-5H3. The van der Waals surface area contributed by atoms with Crippen LogP contribution in [0.3, 0.4) is 0 Å². The van der Waals surface area contributed by atoms with Gasteiger partial charge in [0.1, 0.15) is 0 Å². The maximum Gasteiger partial charge on any atom is 0.0684 e. The highest BCUT2D eigenvalue weighted by Crippen LogP contribution is 2.39. The molecular formula is C15H27NO. The number of ether oxygens (including phenoxy) is 1. The van der Waals surface area contributed by atoms with Crippen molar-refractivity contribution in [3.63, 3.8) is 0 Å². The number of nitrogens with zero attached hydrogens (tertiary/aromatic N) is 1. The fourth-order valence-corrected chi connectivity index (χ4v) is 2.92. The summed E-state index contributed by atoms with van der Waals surface area (Å²) in [6, 6.07) is 2.32. The molecule has 2 heteroatoms. The predicted molar refractivity (Wildman–Crippen MR) is 70.5 cm³/mol. The lowest BCUT2D eigenvalue weighted by Gasteiger charge is -2.39. The molecule has 0 heterocycles. The molecule has 0 amide bonds. The second-order valence-corrected chi connectivity index (χ2v) is 7.15. The van der Waals surface area contributed by atoms with Crippen LogP contribution in [0, 0.1) is 28.1 Å². The molecule has 0 spiro atoms. The van der Waals surface area contributed by atoms with Crippen LogP contribution in [0.1, 0.15) is 60.3 Å². The van der Waals surface area contributed by atoms with Crippen molar-refractivity contribution in [2.24, 2.45) is 16.7 Å². The number of nitriles is 1. The van der Waals surface area contributed by atoms with Gasteiger partial charge in [-0.3, -0.25) is 0 Å². The normalized spacial score (nSPS) is 28.7. The van der Waals surface area contributed by atoms with Crippen molar-refractivity contribution >= 4 is 0 Å². The Morgan fingerprint density at radius 3 is 2.53 bits per heavy atom. The van der Waals surface area contributed by atoms with Crippen molar-refractivity contribution in [3.05, 3.63) is 0 Å². The van der Waals surface area contributed by atoms with Gasteiger partial charge in [-0.2, -0.15) is 5.26 Å². The Labute approximate surface area is 106 Å². The van der Waals surface area contributed by atoms with E-state index >= 15 is 0 Å². The summed E-state index contributed by atoms with van der Waals surface area (Å²) >= 11 is 0. The molecule has 0 radical (unpaired) electrons. The lowest BCUT2D eigenvalue weighted by Crippen LogP contribution is -2.33. The summed E-state index contributed by atoms with van der Waals surface area (Å²) in [4.78, 5) is 0. The monoisotopic (exact) mass is 237 g/mol. The minimum Gasteiger partial charge on any atom is -0.378 e. The van der Waals surface area contributed by atoms with Crippen molar-refractivity contribution in [1.82, 2.24) is 0 Å². The minimum atomic E-state index is -0.254. The molecule has 1 aliphatic rings. The predicted octanol–water partition coefficient (Wildman–Crippen LogP) is 4.16. The van der Waals surface area contributed by atoms with E-state index in [-0.39, 0.29) is 5.41 Å². The molecule has 2 atom stereocenters. The van der Waals surface area contributed by atoms with Crippen molar-refractivity contribution in [1.29, 1.82) is 5.26 Å². The molecule has 0 saturated heterocycles. The zero-order valence-electron chi connectivity index (χ0n) is 12.0. The van der Waals surface area contributed by atoms with Crippen molar-refractivity contribution in [3.8, 4) is 6.07 Å². The largest absolute Gasteiger partial charge is 0.378 e. The molecular weight excluding hydrogens is 210 g/mol. The van der Waals surface area contributed by atoms with Crippen LogP contribution in [-0.2, 0) is 4.74 Å². The van der Waals surface area contributed by atoms with Crippen molar-refractivity contribution < 1.29 is 4.74 Å². The molecule has 2 unspecified atom stereocenters. The van der Waals surface area contributed by atoms with Gasteiger partial charge in [0, 0.05) is 6.61 Å². The van der Waals surface area contributed by atoms with Crippen LogP contribution in [0.5, 0.6) is 0 Å². The average Bonchev–Trinajstić information content (AvgIpc) is 2.14. The molecule has 0 bridgehead atoms. The lowest BCUT2D eigenvalue weighted by molar-refractivity contribution is -0.0285. The summed E-state index contributed by atoms with van der Waals surface area (Å²) in [6.45, 7) is 11.6. The first kappa shape index (κ1) is 14.5. The molecule has 0 N–H and O–H groups in total. The maximum absolute atomic E-state index is 8.95. The maximum atomic E-state index is 8.95. The highest BCUT2D eigenvalue weighted by atomic mass is 16.5. The van der Waals surface area contributed by atoms with E-state index in [1.54, 1.807) is 0 Å². The molecule has 1 saturated carbocycles. The van der Waals surface area contributed by atoms with Crippen LogP contribution in [0.25, 0.3) is 0 Å². The molecule has 0 aromatic carbocycles. The third kappa shape index (κ3) is 5.08. The Kier molecular flexibility index (Phi) is 4.61. The molecule has 0 aromatic heterocycles. The Morgan fingerprint density at radius 2 is 2.00 bits per heavy atom. The van der Waals surface area contributed by atoms with E-state index in [4.69, 9.17) is 10.00 Å². The fourth-order valence-electron chi connectivity index (χ4n) is 2.92. The van der Waals surface area contributed by atoms with Gasteiger partial charge in [-0.25, -0.2) is 0 Å². The van der Waals surface area contributed by atoms with E-state index in [9.17, 15) is 0 Å². The molecule has 1 fully saturated rings. The van der Waals surface area contributed by atoms with Crippen LogP contribution < -0.4 is 0 Å². The van der Waals surface area contributed by atoms with Crippen molar-refractivity contribution in [2.75, 3.05) is 6.61 Å². The third-order valence-electron chi connectivity index (χ3n) is 3.73. The molecule has 2 nitrogen and oxygen atoms in total.